The highest BCUT2D eigenvalue weighted by Gasteiger charge is 2.24. The van der Waals surface area contributed by atoms with Crippen molar-refractivity contribution in [2.45, 2.75) is 19.1 Å². The van der Waals surface area contributed by atoms with Crippen molar-refractivity contribution in [1.29, 1.82) is 0 Å². The molecule has 0 aliphatic heterocycles. The molecule has 23 heavy (non-hydrogen) atoms. The second-order valence-electron chi connectivity index (χ2n) is 5.23. The van der Waals surface area contributed by atoms with Crippen LogP contribution in [0.15, 0.2) is 60.7 Å². The number of rotatable bonds is 7. The molecular formula is C17H19NO4S. The van der Waals surface area contributed by atoms with Gasteiger partial charge in [-0.15, -0.1) is 0 Å². The molecule has 122 valence electrons. The maximum absolute atomic E-state index is 12.2. The Balaban J connectivity index is 2.04. The third kappa shape index (κ3) is 6.22. The first kappa shape index (κ1) is 17.2. The van der Waals surface area contributed by atoms with Gasteiger partial charge in [0, 0.05) is 0 Å². The predicted molar refractivity (Wildman–Crippen MR) is 88.2 cm³/mol. The van der Waals surface area contributed by atoms with Crippen LogP contribution in [0.25, 0.3) is 0 Å². The maximum Gasteiger partial charge on any atom is 0.324 e. The number of ether oxygens (including phenoxy) is 1. The van der Waals surface area contributed by atoms with Crippen LogP contribution in [0.1, 0.15) is 11.1 Å². The van der Waals surface area contributed by atoms with Crippen LogP contribution in [-0.2, 0) is 32.6 Å². The normalized spacial score (nSPS) is 12.6. The van der Waals surface area contributed by atoms with E-state index in [2.05, 4.69) is 4.72 Å². The summed E-state index contributed by atoms with van der Waals surface area (Å²) in [6.07, 6.45) is 1.26. The number of hydrogen-bond acceptors (Lipinski definition) is 4. The van der Waals surface area contributed by atoms with Crippen molar-refractivity contribution in [3.63, 3.8) is 0 Å². The van der Waals surface area contributed by atoms with E-state index in [9.17, 15) is 13.2 Å². The number of nitrogens with one attached hydrogen (secondary N) is 1. The molecule has 0 saturated carbocycles. The fraction of sp³-hybridized carbons (Fsp3) is 0.235. The van der Waals surface area contributed by atoms with Crippen molar-refractivity contribution in [3.05, 3.63) is 71.8 Å². The average molecular weight is 333 g/mol. The molecule has 5 nitrogen and oxygen atoms in total. The van der Waals surface area contributed by atoms with Crippen molar-refractivity contribution in [1.82, 2.24) is 4.72 Å². The fourth-order valence-corrected chi connectivity index (χ4v) is 2.81. The van der Waals surface area contributed by atoms with Gasteiger partial charge in [-0.2, -0.15) is 0 Å². The van der Waals surface area contributed by atoms with Crippen LogP contribution in [0.2, 0.25) is 0 Å². The zero-order chi connectivity index (χ0) is 16.7. The summed E-state index contributed by atoms with van der Waals surface area (Å²) in [5.74, 6) is -0.594. The van der Waals surface area contributed by atoms with E-state index in [4.69, 9.17) is 4.74 Å². The minimum atomic E-state index is -3.52. The molecule has 0 bridgehead atoms. The molecule has 2 rings (SSSR count). The van der Waals surface area contributed by atoms with Crippen LogP contribution in [0.3, 0.4) is 0 Å². The molecule has 0 saturated heterocycles. The van der Waals surface area contributed by atoms with Crippen molar-refractivity contribution in [2.24, 2.45) is 0 Å². The lowest BCUT2D eigenvalue weighted by Gasteiger charge is -2.16. The monoisotopic (exact) mass is 333 g/mol. The van der Waals surface area contributed by atoms with Crippen LogP contribution < -0.4 is 4.72 Å². The van der Waals surface area contributed by atoms with Gasteiger partial charge in [0.1, 0.15) is 12.6 Å². The van der Waals surface area contributed by atoms with Crippen molar-refractivity contribution >= 4 is 16.0 Å². The number of carbonyl (C=O) groups excluding carboxylic acids is 1. The molecule has 2 aromatic rings. The van der Waals surface area contributed by atoms with Crippen molar-refractivity contribution < 1.29 is 17.9 Å². The number of carbonyl (C=O) groups is 1. The number of sulfonamides is 1. The average Bonchev–Trinajstić information content (AvgIpc) is 2.53. The van der Waals surface area contributed by atoms with E-state index in [0.717, 1.165) is 17.4 Å². The number of benzene rings is 2. The van der Waals surface area contributed by atoms with Gasteiger partial charge in [-0.3, -0.25) is 4.79 Å². The van der Waals surface area contributed by atoms with Crippen LogP contribution in [0, 0.1) is 0 Å². The zero-order valence-electron chi connectivity index (χ0n) is 12.8. The van der Waals surface area contributed by atoms with Gasteiger partial charge in [0.25, 0.3) is 0 Å². The molecule has 0 amide bonds. The SMILES string of the molecule is CS(=O)(=O)N[C@@H](Cc1ccccc1)C(=O)OCc1ccccc1. The zero-order valence-corrected chi connectivity index (χ0v) is 13.6. The molecule has 2 aromatic carbocycles. The van der Waals surface area contributed by atoms with Gasteiger partial charge in [0.15, 0.2) is 0 Å². The van der Waals surface area contributed by atoms with E-state index in [-0.39, 0.29) is 13.0 Å². The van der Waals surface area contributed by atoms with Gasteiger partial charge in [0.05, 0.1) is 6.26 Å². The summed E-state index contributed by atoms with van der Waals surface area (Å²) in [6.45, 7) is 0.108. The highest BCUT2D eigenvalue weighted by Crippen LogP contribution is 2.08. The van der Waals surface area contributed by atoms with E-state index in [0.29, 0.717) is 0 Å². The van der Waals surface area contributed by atoms with Crippen molar-refractivity contribution in [3.8, 4) is 0 Å². The first-order valence-electron chi connectivity index (χ1n) is 7.16. The summed E-state index contributed by atoms with van der Waals surface area (Å²) in [5, 5.41) is 0. The minimum absolute atomic E-state index is 0.108. The Labute approximate surface area is 136 Å². The third-order valence-electron chi connectivity index (χ3n) is 3.15. The van der Waals surface area contributed by atoms with Gasteiger partial charge in [-0.1, -0.05) is 60.7 Å². The fourth-order valence-electron chi connectivity index (χ4n) is 2.11. The summed E-state index contributed by atoms with van der Waals surface area (Å²) in [7, 11) is -3.52. The summed E-state index contributed by atoms with van der Waals surface area (Å²) in [6, 6.07) is 17.5. The molecule has 0 aliphatic rings. The molecular weight excluding hydrogens is 314 g/mol. The van der Waals surface area contributed by atoms with Gasteiger partial charge in [-0.25, -0.2) is 13.1 Å². The molecule has 0 unspecified atom stereocenters. The first-order chi connectivity index (χ1) is 10.9. The van der Waals surface area contributed by atoms with E-state index >= 15 is 0 Å². The Hall–Kier alpha value is -2.18. The van der Waals surface area contributed by atoms with Gasteiger partial charge in [-0.05, 0) is 17.5 Å². The molecule has 0 fully saturated rings. The van der Waals surface area contributed by atoms with Crippen LogP contribution in [0.4, 0.5) is 0 Å². The standard InChI is InChI=1S/C17H19NO4S/c1-23(20,21)18-16(12-14-8-4-2-5-9-14)17(19)22-13-15-10-6-3-7-11-15/h2-11,16,18H,12-13H2,1H3/t16-/m0/s1. The van der Waals surface area contributed by atoms with Crippen LogP contribution >= 0.6 is 0 Å². The van der Waals surface area contributed by atoms with E-state index in [1.165, 1.54) is 0 Å². The van der Waals surface area contributed by atoms with Gasteiger partial charge >= 0.3 is 5.97 Å². The molecule has 0 aromatic heterocycles. The number of hydrogen-bond donors (Lipinski definition) is 1. The topological polar surface area (TPSA) is 72.5 Å². The highest BCUT2D eigenvalue weighted by molar-refractivity contribution is 7.88. The lowest BCUT2D eigenvalue weighted by Crippen LogP contribution is -2.42. The molecule has 0 radical (unpaired) electrons. The Morgan fingerprint density at radius 1 is 1.00 bits per heavy atom. The highest BCUT2D eigenvalue weighted by atomic mass is 32.2. The molecule has 0 aliphatic carbocycles. The maximum atomic E-state index is 12.2. The predicted octanol–water partition coefficient (Wildman–Crippen LogP) is 1.89. The van der Waals surface area contributed by atoms with Gasteiger partial charge < -0.3 is 4.74 Å². The Morgan fingerprint density at radius 2 is 1.52 bits per heavy atom. The van der Waals surface area contributed by atoms with E-state index < -0.39 is 22.0 Å². The summed E-state index contributed by atoms with van der Waals surface area (Å²) in [4.78, 5) is 12.2. The van der Waals surface area contributed by atoms with Crippen LogP contribution in [0.5, 0.6) is 0 Å². The second kappa shape index (κ2) is 7.89. The summed E-state index contributed by atoms with van der Waals surface area (Å²) in [5.41, 5.74) is 1.70. The van der Waals surface area contributed by atoms with Gasteiger partial charge in [0.2, 0.25) is 10.0 Å². The molecule has 0 spiro atoms. The van der Waals surface area contributed by atoms with Crippen LogP contribution in [-0.4, -0.2) is 26.7 Å². The number of esters is 1. The molecule has 1 atom stereocenters. The Bertz CT molecular complexity index is 730. The van der Waals surface area contributed by atoms with E-state index in [1.807, 2.05) is 60.7 Å². The van der Waals surface area contributed by atoms with E-state index in [1.54, 1.807) is 0 Å². The third-order valence-corrected chi connectivity index (χ3v) is 3.86. The lowest BCUT2D eigenvalue weighted by molar-refractivity contribution is -0.147. The molecule has 0 heterocycles. The minimum Gasteiger partial charge on any atom is -0.460 e. The second-order valence-corrected chi connectivity index (χ2v) is 7.01. The lowest BCUT2D eigenvalue weighted by atomic mass is 10.1. The largest absolute Gasteiger partial charge is 0.460 e. The quantitative estimate of drug-likeness (QED) is 0.786. The van der Waals surface area contributed by atoms with Crippen molar-refractivity contribution in [2.75, 3.05) is 6.26 Å². The molecule has 6 heteroatoms. The smallest absolute Gasteiger partial charge is 0.324 e. The Morgan fingerprint density at radius 3 is 2.04 bits per heavy atom. The molecule has 1 N–H and O–H groups in total. The first-order valence-corrected chi connectivity index (χ1v) is 9.05. The summed E-state index contributed by atoms with van der Waals surface area (Å²) < 4.78 is 30.6. The Kier molecular flexibility index (Phi) is 5.90. The summed E-state index contributed by atoms with van der Waals surface area (Å²) >= 11 is 0.